The fraction of sp³-hybridized carbons (Fsp3) is 0.500. The molecule has 1 aliphatic rings. The number of benzene rings is 1. The van der Waals surface area contributed by atoms with Gasteiger partial charge in [-0.15, -0.1) is 0 Å². The number of amides is 1. The predicted molar refractivity (Wildman–Crippen MR) is 73.2 cm³/mol. The molecule has 1 aromatic rings. The quantitative estimate of drug-likeness (QED) is 0.752. The minimum absolute atomic E-state index is 0.280. The molecule has 0 spiro atoms. The summed E-state index contributed by atoms with van der Waals surface area (Å²) < 4.78 is 0. The molecule has 5 N–H and O–H groups in total. The van der Waals surface area contributed by atoms with Crippen LogP contribution in [-0.2, 0) is 11.2 Å². The average Bonchev–Trinajstić information content (AvgIpc) is 2.31. The van der Waals surface area contributed by atoms with Crippen LogP contribution in [0.4, 0.5) is 5.69 Å². The molecular formula is C14H21N3O. The normalized spacial score (nSPS) is 23.6. The lowest BCUT2D eigenvalue weighted by atomic mass is 9.91. The van der Waals surface area contributed by atoms with Gasteiger partial charge in [-0.3, -0.25) is 4.79 Å². The van der Waals surface area contributed by atoms with Crippen LogP contribution < -0.4 is 16.8 Å². The van der Waals surface area contributed by atoms with Crippen molar-refractivity contribution in [2.75, 3.05) is 5.32 Å². The molecule has 1 aromatic carbocycles. The van der Waals surface area contributed by atoms with E-state index in [0.29, 0.717) is 12.1 Å². The van der Waals surface area contributed by atoms with Gasteiger partial charge in [0.25, 0.3) is 0 Å². The van der Waals surface area contributed by atoms with Crippen molar-refractivity contribution in [1.29, 1.82) is 0 Å². The first-order valence-corrected chi connectivity index (χ1v) is 6.53. The standard InChI is InChI=1S/C14H21N3O/c15-11-5-3-6-12(9-11)17-13-7-2-1-4-10(13)8-14(16)18/h1-2,4,7,11-12,17H,3,5-6,8-9,15H2,(H2,16,18). The Morgan fingerprint density at radius 1 is 1.33 bits per heavy atom. The van der Waals surface area contributed by atoms with Gasteiger partial charge in [-0.25, -0.2) is 0 Å². The van der Waals surface area contributed by atoms with Gasteiger partial charge in [-0.2, -0.15) is 0 Å². The molecule has 1 saturated carbocycles. The van der Waals surface area contributed by atoms with Crippen molar-refractivity contribution in [2.45, 2.75) is 44.2 Å². The first kappa shape index (κ1) is 12.9. The Labute approximate surface area is 108 Å². The van der Waals surface area contributed by atoms with E-state index in [1.165, 1.54) is 0 Å². The van der Waals surface area contributed by atoms with E-state index in [1.54, 1.807) is 0 Å². The topological polar surface area (TPSA) is 81.1 Å². The Morgan fingerprint density at radius 3 is 2.83 bits per heavy atom. The molecule has 1 amide bonds. The van der Waals surface area contributed by atoms with Crippen molar-refractivity contribution < 1.29 is 4.79 Å². The van der Waals surface area contributed by atoms with Gasteiger partial charge >= 0.3 is 0 Å². The fourth-order valence-electron chi connectivity index (χ4n) is 2.58. The van der Waals surface area contributed by atoms with Crippen molar-refractivity contribution >= 4 is 11.6 Å². The third-order valence-corrected chi connectivity index (χ3v) is 3.46. The zero-order valence-corrected chi connectivity index (χ0v) is 10.6. The van der Waals surface area contributed by atoms with Crippen LogP contribution in [0.1, 0.15) is 31.2 Å². The van der Waals surface area contributed by atoms with E-state index in [9.17, 15) is 4.79 Å². The lowest BCUT2D eigenvalue weighted by molar-refractivity contribution is -0.117. The first-order valence-electron chi connectivity index (χ1n) is 6.53. The number of nitrogens with one attached hydrogen (secondary N) is 1. The van der Waals surface area contributed by atoms with Crippen LogP contribution in [0.25, 0.3) is 0 Å². The average molecular weight is 247 g/mol. The van der Waals surface area contributed by atoms with Crippen LogP contribution in [0.2, 0.25) is 0 Å². The minimum Gasteiger partial charge on any atom is -0.382 e. The summed E-state index contributed by atoms with van der Waals surface area (Å²) >= 11 is 0. The van der Waals surface area contributed by atoms with Gasteiger partial charge in [-0.1, -0.05) is 18.2 Å². The van der Waals surface area contributed by atoms with Crippen molar-refractivity contribution in [3.05, 3.63) is 29.8 Å². The maximum atomic E-state index is 11.0. The summed E-state index contributed by atoms with van der Waals surface area (Å²) in [7, 11) is 0. The fourth-order valence-corrected chi connectivity index (χ4v) is 2.58. The van der Waals surface area contributed by atoms with Crippen molar-refractivity contribution in [1.82, 2.24) is 0 Å². The lowest BCUT2D eigenvalue weighted by Crippen LogP contribution is -2.35. The number of carbonyl (C=O) groups excluding carboxylic acids is 1. The zero-order chi connectivity index (χ0) is 13.0. The molecule has 0 radical (unpaired) electrons. The van der Waals surface area contributed by atoms with Gasteiger partial charge < -0.3 is 16.8 Å². The first-order chi connectivity index (χ1) is 8.65. The number of para-hydroxylation sites is 1. The Balaban J connectivity index is 2.05. The lowest BCUT2D eigenvalue weighted by Gasteiger charge is -2.29. The molecule has 0 saturated heterocycles. The molecule has 0 aliphatic heterocycles. The Hall–Kier alpha value is -1.55. The maximum absolute atomic E-state index is 11.0. The molecule has 2 atom stereocenters. The monoisotopic (exact) mass is 247 g/mol. The number of carbonyl (C=O) groups is 1. The number of primary amides is 1. The van der Waals surface area contributed by atoms with E-state index in [1.807, 2.05) is 24.3 Å². The van der Waals surface area contributed by atoms with Gasteiger partial charge in [0.05, 0.1) is 6.42 Å². The van der Waals surface area contributed by atoms with E-state index >= 15 is 0 Å². The van der Waals surface area contributed by atoms with E-state index in [-0.39, 0.29) is 12.3 Å². The van der Waals surface area contributed by atoms with Gasteiger partial charge in [0.1, 0.15) is 0 Å². The Bertz CT molecular complexity index is 419. The minimum atomic E-state index is -0.301. The second kappa shape index (κ2) is 5.87. The van der Waals surface area contributed by atoms with E-state index < -0.39 is 0 Å². The van der Waals surface area contributed by atoms with Crippen molar-refractivity contribution in [3.8, 4) is 0 Å². The molecule has 0 bridgehead atoms. The molecule has 1 aliphatic carbocycles. The molecule has 0 aromatic heterocycles. The second-order valence-corrected chi connectivity index (χ2v) is 5.07. The molecular weight excluding hydrogens is 226 g/mol. The summed E-state index contributed by atoms with van der Waals surface area (Å²) in [4.78, 5) is 11.0. The summed E-state index contributed by atoms with van der Waals surface area (Å²) in [5.74, 6) is -0.301. The summed E-state index contributed by atoms with van der Waals surface area (Å²) in [6.45, 7) is 0. The van der Waals surface area contributed by atoms with Crippen LogP contribution in [0.5, 0.6) is 0 Å². The molecule has 98 valence electrons. The smallest absolute Gasteiger partial charge is 0.221 e. The Kier molecular flexibility index (Phi) is 4.20. The van der Waals surface area contributed by atoms with Gasteiger partial charge in [0, 0.05) is 17.8 Å². The highest BCUT2D eigenvalue weighted by Gasteiger charge is 2.19. The Morgan fingerprint density at radius 2 is 2.11 bits per heavy atom. The van der Waals surface area contributed by atoms with Crippen LogP contribution >= 0.6 is 0 Å². The molecule has 2 rings (SSSR count). The molecule has 4 heteroatoms. The van der Waals surface area contributed by atoms with E-state index in [4.69, 9.17) is 11.5 Å². The van der Waals surface area contributed by atoms with Crippen LogP contribution in [-0.4, -0.2) is 18.0 Å². The third kappa shape index (κ3) is 3.47. The van der Waals surface area contributed by atoms with Crippen molar-refractivity contribution in [2.24, 2.45) is 11.5 Å². The highest BCUT2D eigenvalue weighted by atomic mass is 16.1. The molecule has 2 unspecified atom stereocenters. The summed E-state index contributed by atoms with van der Waals surface area (Å²) in [5.41, 5.74) is 13.2. The van der Waals surface area contributed by atoms with Crippen LogP contribution in [0.15, 0.2) is 24.3 Å². The van der Waals surface area contributed by atoms with Crippen LogP contribution in [0, 0.1) is 0 Å². The highest BCUT2D eigenvalue weighted by Crippen LogP contribution is 2.23. The molecule has 0 heterocycles. The van der Waals surface area contributed by atoms with E-state index in [2.05, 4.69) is 5.32 Å². The number of hydrogen-bond acceptors (Lipinski definition) is 3. The van der Waals surface area contributed by atoms with Gasteiger partial charge in [0.2, 0.25) is 5.91 Å². The molecule has 1 fully saturated rings. The molecule has 18 heavy (non-hydrogen) atoms. The third-order valence-electron chi connectivity index (χ3n) is 3.46. The number of nitrogens with two attached hydrogens (primary N) is 2. The summed E-state index contributed by atoms with van der Waals surface area (Å²) in [6, 6.07) is 8.53. The van der Waals surface area contributed by atoms with E-state index in [0.717, 1.165) is 36.9 Å². The highest BCUT2D eigenvalue weighted by molar-refractivity contribution is 5.78. The molecule has 4 nitrogen and oxygen atoms in total. The largest absolute Gasteiger partial charge is 0.382 e. The van der Waals surface area contributed by atoms with Crippen molar-refractivity contribution in [3.63, 3.8) is 0 Å². The summed E-state index contributed by atoms with van der Waals surface area (Å²) in [6.07, 6.45) is 4.68. The van der Waals surface area contributed by atoms with Gasteiger partial charge in [-0.05, 0) is 37.3 Å². The van der Waals surface area contributed by atoms with Crippen LogP contribution in [0.3, 0.4) is 0 Å². The number of hydrogen-bond donors (Lipinski definition) is 3. The predicted octanol–water partition coefficient (Wildman–Crippen LogP) is 1.40. The zero-order valence-electron chi connectivity index (χ0n) is 10.6. The maximum Gasteiger partial charge on any atom is 0.221 e. The number of rotatable bonds is 4. The SMILES string of the molecule is NC(=O)Cc1ccccc1NC1CCCC(N)C1. The second-order valence-electron chi connectivity index (χ2n) is 5.07. The van der Waals surface area contributed by atoms with Gasteiger partial charge in [0.15, 0.2) is 0 Å². The number of anilines is 1. The summed E-state index contributed by atoms with van der Waals surface area (Å²) in [5, 5.41) is 3.50.